The summed E-state index contributed by atoms with van der Waals surface area (Å²) in [5.74, 6) is 0.0560. The van der Waals surface area contributed by atoms with Crippen LogP contribution < -0.4 is 0 Å². The van der Waals surface area contributed by atoms with Gasteiger partial charge >= 0.3 is 6.18 Å². The van der Waals surface area contributed by atoms with Crippen molar-refractivity contribution in [2.45, 2.75) is 39.2 Å². The molecular formula is C27H29F3N4O3. The number of piperazine rings is 1. The molecule has 2 amide bonds. The lowest BCUT2D eigenvalue weighted by Gasteiger charge is -2.33. The Balaban J connectivity index is 1.49. The molecule has 0 N–H and O–H groups in total. The van der Waals surface area contributed by atoms with Gasteiger partial charge in [-0.1, -0.05) is 42.5 Å². The Morgan fingerprint density at radius 2 is 1.59 bits per heavy atom. The molecule has 1 aliphatic heterocycles. The Morgan fingerprint density at radius 1 is 0.973 bits per heavy atom. The van der Waals surface area contributed by atoms with Gasteiger partial charge in [0.15, 0.2) is 5.69 Å². The predicted octanol–water partition coefficient (Wildman–Crippen LogP) is 4.76. The Bertz CT molecular complexity index is 1200. The molecule has 2 aromatic carbocycles. The van der Waals surface area contributed by atoms with Crippen molar-refractivity contribution >= 4 is 11.8 Å². The van der Waals surface area contributed by atoms with Crippen molar-refractivity contribution in [3.63, 3.8) is 0 Å². The maximum Gasteiger partial charge on any atom is 0.416 e. The fourth-order valence-electron chi connectivity index (χ4n) is 4.35. The molecule has 196 valence electrons. The van der Waals surface area contributed by atoms with Crippen LogP contribution >= 0.6 is 0 Å². The van der Waals surface area contributed by atoms with Gasteiger partial charge in [0.1, 0.15) is 6.26 Å². The van der Waals surface area contributed by atoms with E-state index < -0.39 is 11.7 Å². The van der Waals surface area contributed by atoms with Crippen LogP contribution in [0, 0.1) is 0 Å². The first-order valence-electron chi connectivity index (χ1n) is 12.1. The molecule has 1 unspecified atom stereocenters. The highest BCUT2D eigenvalue weighted by Gasteiger charge is 2.30. The number of aromatic nitrogens is 1. The predicted molar refractivity (Wildman–Crippen MR) is 130 cm³/mol. The molecule has 0 saturated carbocycles. The van der Waals surface area contributed by atoms with Gasteiger partial charge in [0.25, 0.3) is 5.91 Å². The number of oxazole rings is 1. The number of amides is 2. The Labute approximate surface area is 213 Å². The summed E-state index contributed by atoms with van der Waals surface area (Å²) in [6, 6.07) is 14.7. The van der Waals surface area contributed by atoms with E-state index in [-0.39, 0.29) is 30.1 Å². The van der Waals surface area contributed by atoms with Gasteiger partial charge in [-0.3, -0.25) is 14.5 Å². The fourth-order valence-corrected chi connectivity index (χ4v) is 4.35. The topological polar surface area (TPSA) is 69.9 Å². The van der Waals surface area contributed by atoms with Crippen LogP contribution in [0.25, 0.3) is 0 Å². The van der Waals surface area contributed by atoms with Crippen LogP contribution in [0.1, 0.15) is 53.0 Å². The summed E-state index contributed by atoms with van der Waals surface area (Å²) in [6.45, 7) is 5.91. The molecular weight excluding hydrogens is 485 g/mol. The number of halogens is 3. The lowest BCUT2D eigenvalue weighted by Crippen LogP contribution is -2.50. The van der Waals surface area contributed by atoms with Crippen molar-refractivity contribution in [3.05, 3.63) is 89.1 Å². The average Bonchev–Trinajstić information content (AvgIpc) is 3.36. The van der Waals surface area contributed by atoms with Crippen molar-refractivity contribution in [2.24, 2.45) is 0 Å². The van der Waals surface area contributed by atoms with E-state index in [1.807, 2.05) is 42.2 Å². The third kappa shape index (κ3) is 6.56. The maximum atomic E-state index is 13.0. The van der Waals surface area contributed by atoms with Gasteiger partial charge in [-0.15, -0.1) is 0 Å². The molecule has 7 nitrogen and oxygen atoms in total. The van der Waals surface area contributed by atoms with Crippen LogP contribution in [-0.4, -0.2) is 57.7 Å². The minimum absolute atomic E-state index is 0.0171. The summed E-state index contributed by atoms with van der Waals surface area (Å²) in [5.41, 5.74) is 1.23. The van der Waals surface area contributed by atoms with Gasteiger partial charge < -0.3 is 14.2 Å². The van der Waals surface area contributed by atoms with Gasteiger partial charge in [0, 0.05) is 45.7 Å². The van der Waals surface area contributed by atoms with Crippen LogP contribution in [0.4, 0.5) is 13.2 Å². The smallest absolute Gasteiger partial charge is 0.416 e. The molecule has 1 aliphatic rings. The number of benzene rings is 2. The number of carbonyl (C=O) groups excluding carboxylic acids is 2. The summed E-state index contributed by atoms with van der Waals surface area (Å²) >= 11 is 0. The number of alkyl halides is 3. The highest BCUT2D eigenvalue weighted by molar-refractivity contribution is 5.92. The number of hydrogen-bond donors (Lipinski definition) is 0. The molecule has 1 fully saturated rings. The van der Waals surface area contributed by atoms with Crippen LogP contribution in [0.15, 0.2) is 65.3 Å². The van der Waals surface area contributed by atoms with E-state index >= 15 is 0 Å². The molecule has 1 saturated heterocycles. The summed E-state index contributed by atoms with van der Waals surface area (Å²) < 4.78 is 44.6. The standard InChI is InChI=1S/C27H29F3N4O3/c1-19(22-6-4-3-5-7-22)34(16-21-8-10-23(11-9-21)27(28,29)30)17-25-31-24(18-37-25)26(36)33-14-12-32(13-15-33)20(2)35/h3-11,18-19H,12-17H2,1-2H3. The molecule has 3 aromatic rings. The van der Waals surface area contributed by atoms with E-state index in [0.717, 1.165) is 17.7 Å². The highest BCUT2D eigenvalue weighted by atomic mass is 19.4. The zero-order valence-electron chi connectivity index (χ0n) is 20.7. The van der Waals surface area contributed by atoms with Crippen LogP contribution in [0.2, 0.25) is 0 Å². The molecule has 4 rings (SSSR count). The fraction of sp³-hybridized carbons (Fsp3) is 0.370. The SMILES string of the molecule is CC(=O)N1CCN(C(=O)c2coc(CN(Cc3ccc(C(F)(F)F)cc3)C(C)c3ccccc3)n2)CC1. The number of carbonyl (C=O) groups is 2. The number of nitrogens with zero attached hydrogens (tertiary/aromatic N) is 4. The normalized spacial score (nSPS) is 15.2. The molecule has 1 atom stereocenters. The van der Waals surface area contributed by atoms with E-state index in [1.165, 1.54) is 25.3 Å². The van der Waals surface area contributed by atoms with E-state index in [1.54, 1.807) is 9.80 Å². The third-order valence-corrected chi connectivity index (χ3v) is 6.62. The van der Waals surface area contributed by atoms with E-state index in [4.69, 9.17) is 4.42 Å². The summed E-state index contributed by atoms with van der Waals surface area (Å²) in [4.78, 5) is 34.3. The zero-order chi connectivity index (χ0) is 26.6. The maximum absolute atomic E-state index is 13.0. The zero-order valence-corrected chi connectivity index (χ0v) is 20.7. The Hall–Kier alpha value is -3.66. The summed E-state index contributed by atoms with van der Waals surface area (Å²) in [6.07, 6.45) is -3.06. The lowest BCUT2D eigenvalue weighted by molar-refractivity contribution is -0.137. The van der Waals surface area contributed by atoms with Crippen LogP contribution in [0.5, 0.6) is 0 Å². The molecule has 2 heterocycles. The molecule has 0 spiro atoms. The second kappa shape index (κ2) is 11.2. The molecule has 1 aromatic heterocycles. The largest absolute Gasteiger partial charge is 0.447 e. The second-order valence-electron chi connectivity index (χ2n) is 9.11. The van der Waals surface area contributed by atoms with Crippen molar-refractivity contribution in [3.8, 4) is 0 Å². The van der Waals surface area contributed by atoms with Gasteiger partial charge in [-0.25, -0.2) is 4.98 Å². The number of hydrogen-bond acceptors (Lipinski definition) is 5. The van der Waals surface area contributed by atoms with Crippen molar-refractivity contribution in [1.29, 1.82) is 0 Å². The van der Waals surface area contributed by atoms with Crippen molar-refractivity contribution in [2.75, 3.05) is 26.2 Å². The van der Waals surface area contributed by atoms with Crippen LogP contribution in [-0.2, 0) is 24.1 Å². The molecule has 10 heteroatoms. The lowest BCUT2D eigenvalue weighted by atomic mass is 10.1. The molecule has 37 heavy (non-hydrogen) atoms. The van der Waals surface area contributed by atoms with Gasteiger partial charge in [-0.05, 0) is 30.2 Å². The number of rotatable bonds is 7. The highest BCUT2D eigenvalue weighted by Crippen LogP contribution is 2.30. The van der Waals surface area contributed by atoms with Gasteiger partial charge in [0.05, 0.1) is 12.1 Å². The summed E-state index contributed by atoms with van der Waals surface area (Å²) in [5, 5.41) is 0. The minimum atomic E-state index is -4.39. The Morgan fingerprint density at radius 3 is 2.19 bits per heavy atom. The first kappa shape index (κ1) is 26.4. The van der Waals surface area contributed by atoms with E-state index in [9.17, 15) is 22.8 Å². The third-order valence-electron chi connectivity index (χ3n) is 6.62. The first-order valence-corrected chi connectivity index (χ1v) is 12.1. The van der Waals surface area contributed by atoms with Crippen molar-refractivity contribution < 1.29 is 27.2 Å². The quantitative estimate of drug-likeness (QED) is 0.455. The average molecular weight is 515 g/mol. The van der Waals surface area contributed by atoms with E-state index in [0.29, 0.717) is 44.2 Å². The van der Waals surface area contributed by atoms with Crippen LogP contribution in [0.3, 0.4) is 0 Å². The molecule has 0 radical (unpaired) electrons. The monoisotopic (exact) mass is 514 g/mol. The van der Waals surface area contributed by atoms with Gasteiger partial charge in [0.2, 0.25) is 11.8 Å². The van der Waals surface area contributed by atoms with E-state index in [2.05, 4.69) is 4.98 Å². The minimum Gasteiger partial charge on any atom is -0.447 e. The van der Waals surface area contributed by atoms with Crippen molar-refractivity contribution in [1.82, 2.24) is 19.7 Å². The second-order valence-corrected chi connectivity index (χ2v) is 9.11. The van der Waals surface area contributed by atoms with Gasteiger partial charge in [-0.2, -0.15) is 13.2 Å². The summed E-state index contributed by atoms with van der Waals surface area (Å²) in [7, 11) is 0. The molecule has 0 bridgehead atoms. The Kier molecular flexibility index (Phi) is 7.97. The molecule has 0 aliphatic carbocycles. The first-order chi connectivity index (χ1) is 17.6.